The van der Waals surface area contributed by atoms with Crippen LogP contribution in [-0.4, -0.2) is 31.1 Å². The highest BCUT2D eigenvalue weighted by molar-refractivity contribution is 7.99. The standard InChI is InChI=1S/C16H11ClN4OS/c17-11-7-5-10(6-8-11)14(22)9-23-16-20-19-15-18-12-3-1-2-4-13(12)21(15)16/h1-8H,9H2,(H,18,19). The summed E-state index contributed by atoms with van der Waals surface area (Å²) in [4.78, 5) is 16.7. The lowest BCUT2D eigenvalue weighted by atomic mass is 10.1. The fourth-order valence-corrected chi connectivity index (χ4v) is 3.37. The van der Waals surface area contributed by atoms with Gasteiger partial charge in [-0.05, 0) is 36.4 Å². The number of para-hydroxylation sites is 2. The first-order valence-corrected chi connectivity index (χ1v) is 8.32. The summed E-state index contributed by atoms with van der Waals surface area (Å²) in [7, 11) is 0. The van der Waals surface area contributed by atoms with Gasteiger partial charge in [-0.15, -0.1) is 5.10 Å². The van der Waals surface area contributed by atoms with E-state index in [1.165, 1.54) is 11.8 Å². The van der Waals surface area contributed by atoms with Crippen molar-refractivity contribution in [2.75, 3.05) is 5.75 Å². The third kappa shape index (κ3) is 2.60. The Kier molecular flexibility index (Phi) is 3.55. The number of H-pyrrole nitrogens is 1. The quantitative estimate of drug-likeness (QED) is 0.452. The molecule has 23 heavy (non-hydrogen) atoms. The van der Waals surface area contributed by atoms with Crippen LogP contribution in [0.3, 0.4) is 0 Å². The van der Waals surface area contributed by atoms with Crippen LogP contribution < -0.4 is 0 Å². The number of carbonyl (C=O) groups excluding carboxylic acids is 1. The van der Waals surface area contributed by atoms with Crippen molar-refractivity contribution in [2.45, 2.75) is 5.16 Å². The lowest BCUT2D eigenvalue weighted by molar-refractivity contribution is 0.102. The second-order valence-corrected chi connectivity index (χ2v) is 6.36. The normalized spacial score (nSPS) is 11.3. The van der Waals surface area contributed by atoms with Crippen LogP contribution in [0, 0.1) is 0 Å². The van der Waals surface area contributed by atoms with Gasteiger partial charge in [0, 0.05) is 10.6 Å². The van der Waals surface area contributed by atoms with E-state index in [1.54, 1.807) is 24.3 Å². The molecule has 0 fully saturated rings. The third-order valence-electron chi connectivity index (χ3n) is 3.50. The van der Waals surface area contributed by atoms with E-state index in [-0.39, 0.29) is 5.78 Å². The molecule has 0 spiro atoms. The van der Waals surface area contributed by atoms with Crippen LogP contribution >= 0.6 is 23.4 Å². The number of hydrogen-bond donors (Lipinski definition) is 1. The van der Waals surface area contributed by atoms with Crippen molar-refractivity contribution in [1.82, 2.24) is 19.6 Å². The van der Waals surface area contributed by atoms with E-state index in [9.17, 15) is 4.79 Å². The molecule has 0 bridgehead atoms. The highest BCUT2D eigenvalue weighted by atomic mass is 35.5. The van der Waals surface area contributed by atoms with Gasteiger partial charge in [-0.1, -0.05) is 35.5 Å². The number of imidazole rings is 1. The number of thioether (sulfide) groups is 1. The van der Waals surface area contributed by atoms with Crippen LogP contribution in [0.15, 0.2) is 53.7 Å². The van der Waals surface area contributed by atoms with Crippen molar-refractivity contribution in [1.29, 1.82) is 0 Å². The Morgan fingerprint density at radius 2 is 1.96 bits per heavy atom. The van der Waals surface area contributed by atoms with E-state index in [1.807, 2.05) is 28.7 Å². The van der Waals surface area contributed by atoms with Gasteiger partial charge >= 0.3 is 0 Å². The van der Waals surface area contributed by atoms with Crippen molar-refractivity contribution >= 4 is 46.0 Å². The van der Waals surface area contributed by atoms with Crippen molar-refractivity contribution in [3.63, 3.8) is 0 Å². The van der Waals surface area contributed by atoms with Crippen LogP contribution in [0.2, 0.25) is 5.02 Å². The molecular weight excluding hydrogens is 332 g/mol. The molecule has 0 unspecified atom stereocenters. The molecule has 2 heterocycles. The van der Waals surface area contributed by atoms with Crippen LogP contribution in [0.25, 0.3) is 16.8 Å². The monoisotopic (exact) mass is 342 g/mol. The van der Waals surface area contributed by atoms with Gasteiger partial charge in [0.25, 0.3) is 0 Å². The minimum atomic E-state index is 0.0345. The number of aromatic amines is 1. The molecule has 2 aromatic heterocycles. The number of nitrogens with zero attached hydrogens (tertiary/aromatic N) is 3. The number of carbonyl (C=O) groups is 1. The molecule has 0 amide bonds. The minimum absolute atomic E-state index is 0.0345. The molecule has 1 N–H and O–H groups in total. The van der Waals surface area contributed by atoms with E-state index < -0.39 is 0 Å². The van der Waals surface area contributed by atoms with Crippen molar-refractivity contribution in [2.24, 2.45) is 0 Å². The number of hydrogen-bond acceptors (Lipinski definition) is 4. The fourth-order valence-electron chi connectivity index (χ4n) is 2.39. The molecule has 2 aromatic carbocycles. The summed E-state index contributed by atoms with van der Waals surface area (Å²) >= 11 is 7.22. The molecule has 7 heteroatoms. The predicted octanol–water partition coefficient (Wildman–Crippen LogP) is 3.84. The number of halogens is 1. The topological polar surface area (TPSA) is 63.0 Å². The molecule has 0 saturated heterocycles. The largest absolute Gasteiger partial charge is 0.293 e. The van der Waals surface area contributed by atoms with Crippen LogP contribution in [0.4, 0.5) is 0 Å². The maximum absolute atomic E-state index is 12.3. The van der Waals surface area contributed by atoms with Crippen LogP contribution in [0.1, 0.15) is 10.4 Å². The molecule has 114 valence electrons. The summed E-state index contributed by atoms with van der Waals surface area (Å²) in [6, 6.07) is 14.7. The van der Waals surface area contributed by atoms with Gasteiger partial charge < -0.3 is 0 Å². The summed E-state index contributed by atoms with van der Waals surface area (Å²) in [5, 5.41) is 8.49. The maximum atomic E-state index is 12.3. The Balaban J connectivity index is 1.60. The van der Waals surface area contributed by atoms with E-state index in [4.69, 9.17) is 11.6 Å². The number of benzene rings is 2. The van der Waals surface area contributed by atoms with Gasteiger partial charge in [0.05, 0.1) is 16.8 Å². The number of Topliss-reactive ketones (excluding diaryl/α,β-unsaturated/α-hetero) is 1. The minimum Gasteiger partial charge on any atom is -0.293 e. The zero-order valence-corrected chi connectivity index (χ0v) is 13.4. The van der Waals surface area contributed by atoms with Gasteiger partial charge in [0.15, 0.2) is 10.9 Å². The number of fused-ring (bicyclic) bond motifs is 3. The molecule has 0 saturated carbocycles. The van der Waals surface area contributed by atoms with E-state index >= 15 is 0 Å². The number of nitrogens with one attached hydrogen (secondary N) is 1. The summed E-state index contributed by atoms with van der Waals surface area (Å²) < 4.78 is 1.93. The summed E-state index contributed by atoms with van der Waals surface area (Å²) in [5.41, 5.74) is 2.51. The van der Waals surface area contributed by atoms with Gasteiger partial charge in [0.1, 0.15) is 0 Å². The molecule has 0 radical (unpaired) electrons. The predicted molar refractivity (Wildman–Crippen MR) is 91.4 cm³/mol. The molecule has 4 rings (SSSR count). The zero-order chi connectivity index (χ0) is 15.8. The first-order chi connectivity index (χ1) is 11.2. The molecule has 0 atom stereocenters. The average Bonchev–Trinajstić information content (AvgIpc) is 3.12. The lowest BCUT2D eigenvalue weighted by Crippen LogP contribution is -2.02. The number of rotatable bonds is 4. The Hall–Kier alpha value is -2.31. The number of ketones is 1. The van der Waals surface area contributed by atoms with Crippen LogP contribution in [-0.2, 0) is 0 Å². The Morgan fingerprint density at radius 1 is 1.17 bits per heavy atom. The first-order valence-electron chi connectivity index (χ1n) is 6.95. The molecule has 5 nitrogen and oxygen atoms in total. The smallest absolute Gasteiger partial charge is 0.231 e. The first kappa shape index (κ1) is 14.3. The van der Waals surface area contributed by atoms with Crippen molar-refractivity contribution in [3.05, 3.63) is 59.1 Å². The molecule has 4 aromatic rings. The van der Waals surface area contributed by atoms with Gasteiger partial charge in [-0.2, -0.15) is 0 Å². The molecule has 0 aliphatic rings. The van der Waals surface area contributed by atoms with E-state index in [2.05, 4.69) is 15.2 Å². The van der Waals surface area contributed by atoms with Crippen molar-refractivity contribution < 1.29 is 4.79 Å². The Morgan fingerprint density at radius 3 is 2.78 bits per heavy atom. The Bertz CT molecular complexity index is 1010. The van der Waals surface area contributed by atoms with E-state index in [0.717, 1.165) is 16.2 Å². The zero-order valence-electron chi connectivity index (χ0n) is 11.9. The molecular formula is C16H11ClN4OS. The van der Waals surface area contributed by atoms with Gasteiger partial charge in [-0.3, -0.25) is 9.20 Å². The third-order valence-corrected chi connectivity index (χ3v) is 4.69. The van der Waals surface area contributed by atoms with Crippen LogP contribution in [0.5, 0.6) is 0 Å². The summed E-state index contributed by atoms with van der Waals surface area (Å²) in [6.07, 6.45) is 0. The van der Waals surface area contributed by atoms with Crippen molar-refractivity contribution in [3.8, 4) is 0 Å². The highest BCUT2D eigenvalue weighted by Crippen LogP contribution is 2.23. The maximum Gasteiger partial charge on any atom is 0.231 e. The molecule has 0 aliphatic heterocycles. The summed E-state index contributed by atoms with van der Waals surface area (Å²) in [5.74, 6) is 1.01. The van der Waals surface area contributed by atoms with Gasteiger partial charge in [-0.25, -0.2) is 10.1 Å². The summed E-state index contributed by atoms with van der Waals surface area (Å²) in [6.45, 7) is 0. The average molecular weight is 343 g/mol. The second kappa shape index (κ2) is 5.72. The van der Waals surface area contributed by atoms with Gasteiger partial charge in [0.2, 0.25) is 5.78 Å². The second-order valence-electron chi connectivity index (χ2n) is 4.98. The highest BCUT2D eigenvalue weighted by Gasteiger charge is 2.14. The molecule has 0 aliphatic carbocycles. The SMILES string of the molecule is O=C(CSc1n[nH]c2nc3ccccc3n12)c1ccc(Cl)cc1. The number of aromatic nitrogens is 4. The Labute approximate surface area is 140 Å². The fraction of sp³-hybridized carbons (Fsp3) is 0.0625. The lowest BCUT2D eigenvalue weighted by Gasteiger charge is -2.01. The van der Waals surface area contributed by atoms with E-state index in [0.29, 0.717) is 22.1 Å².